The zero-order valence-corrected chi connectivity index (χ0v) is 14.9. The minimum absolute atomic E-state index is 0.0138. The minimum atomic E-state index is -0.486. The fourth-order valence-electron chi connectivity index (χ4n) is 2.67. The van der Waals surface area contributed by atoms with Gasteiger partial charge in [-0.05, 0) is 48.7 Å². The lowest BCUT2D eigenvalue weighted by Gasteiger charge is -2.15. The maximum Gasteiger partial charge on any atom is 0.227 e. The molecule has 5 nitrogen and oxygen atoms in total. The van der Waals surface area contributed by atoms with Gasteiger partial charge in [-0.1, -0.05) is 24.3 Å². The summed E-state index contributed by atoms with van der Waals surface area (Å²) >= 11 is 0. The maximum atomic E-state index is 13.1. The Balaban J connectivity index is 1.98. The molecule has 27 heavy (non-hydrogen) atoms. The van der Waals surface area contributed by atoms with E-state index in [-0.39, 0.29) is 18.1 Å². The molecule has 2 rings (SSSR count). The maximum absolute atomic E-state index is 13.1. The van der Waals surface area contributed by atoms with E-state index in [2.05, 4.69) is 5.32 Å². The van der Waals surface area contributed by atoms with E-state index in [1.807, 2.05) is 0 Å². The highest BCUT2D eigenvalue weighted by Gasteiger charge is 2.16. The van der Waals surface area contributed by atoms with E-state index in [0.717, 1.165) is 5.56 Å². The Kier molecular flexibility index (Phi) is 6.79. The van der Waals surface area contributed by atoms with E-state index in [9.17, 15) is 13.6 Å². The Bertz CT molecular complexity index is 841. The summed E-state index contributed by atoms with van der Waals surface area (Å²) in [5.74, 6) is -1.36. The van der Waals surface area contributed by atoms with Gasteiger partial charge >= 0.3 is 0 Å². The zero-order chi connectivity index (χ0) is 20.0. The van der Waals surface area contributed by atoms with Crippen molar-refractivity contribution in [1.82, 2.24) is 5.32 Å². The van der Waals surface area contributed by atoms with Crippen LogP contribution in [0.3, 0.4) is 0 Å². The normalized spacial score (nSPS) is 12.9. The van der Waals surface area contributed by atoms with Gasteiger partial charge in [0.05, 0.1) is 0 Å². The van der Waals surface area contributed by atoms with Gasteiger partial charge in [-0.3, -0.25) is 10.2 Å². The van der Waals surface area contributed by atoms with E-state index < -0.39 is 17.8 Å². The Morgan fingerprint density at radius 2 is 1.59 bits per heavy atom. The topological polar surface area (TPSA) is 105 Å². The van der Waals surface area contributed by atoms with Crippen LogP contribution in [-0.4, -0.2) is 17.8 Å². The lowest BCUT2D eigenvalue weighted by molar-refractivity contribution is -0.120. The minimum Gasteiger partial charge on any atom is -0.402 e. The molecule has 7 heteroatoms. The molecule has 1 atom stereocenters. The molecule has 0 radical (unpaired) electrons. The highest BCUT2D eigenvalue weighted by atomic mass is 19.1. The van der Waals surface area contributed by atoms with Crippen molar-refractivity contribution in [2.45, 2.75) is 25.8 Å². The summed E-state index contributed by atoms with van der Waals surface area (Å²) < 4.78 is 26.0. The fraction of sp³-hybridized carbons (Fsp3) is 0.200. The number of carbonyl (C=O) groups is 1. The summed E-state index contributed by atoms with van der Waals surface area (Å²) in [6, 6.07) is 10.9. The van der Waals surface area contributed by atoms with Crippen LogP contribution in [0.2, 0.25) is 0 Å². The van der Waals surface area contributed by atoms with Crippen LogP contribution < -0.4 is 16.8 Å². The number of hydrogen-bond acceptors (Lipinski definition) is 4. The fourth-order valence-corrected chi connectivity index (χ4v) is 2.67. The Morgan fingerprint density at radius 1 is 1.07 bits per heavy atom. The van der Waals surface area contributed by atoms with Crippen molar-refractivity contribution in [3.05, 3.63) is 77.0 Å². The largest absolute Gasteiger partial charge is 0.402 e. The third-order valence-corrected chi connectivity index (χ3v) is 3.90. The summed E-state index contributed by atoms with van der Waals surface area (Å²) in [4.78, 5) is 12.2. The Labute approximate surface area is 156 Å². The number of halogens is 2. The summed E-state index contributed by atoms with van der Waals surface area (Å²) in [5.41, 5.74) is 13.8. The van der Waals surface area contributed by atoms with Crippen LogP contribution in [0.4, 0.5) is 8.78 Å². The number of rotatable bonds is 6. The molecule has 6 N–H and O–H groups in total. The van der Waals surface area contributed by atoms with Crippen molar-refractivity contribution in [1.29, 1.82) is 5.41 Å². The summed E-state index contributed by atoms with van der Waals surface area (Å²) in [6.45, 7) is 1.60. The van der Waals surface area contributed by atoms with Crippen molar-refractivity contribution in [2.75, 3.05) is 0 Å². The van der Waals surface area contributed by atoms with E-state index >= 15 is 0 Å². The highest BCUT2D eigenvalue weighted by Crippen LogP contribution is 2.18. The molecule has 0 unspecified atom stereocenters. The van der Waals surface area contributed by atoms with Crippen LogP contribution in [-0.2, 0) is 11.2 Å². The number of amidine groups is 1. The van der Waals surface area contributed by atoms with Crippen LogP contribution >= 0.6 is 0 Å². The lowest BCUT2D eigenvalue weighted by Crippen LogP contribution is -2.37. The van der Waals surface area contributed by atoms with Gasteiger partial charge in [0.15, 0.2) is 0 Å². The van der Waals surface area contributed by atoms with Gasteiger partial charge < -0.3 is 16.8 Å². The van der Waals surface area contributed by atoms with Gasteiger partial charge in [-0.15, -0.1) is 0 Å². The molecule has 2 aromatic carbocycles. The standard InChI is InChI=1S/C20H22F2N4O/c1-12(23)19(14-4-8-16(22)9-5-14)20(25)26-18(27)11-17(24)10-13-2-6-15(21)7-3-13/h2-9,17H,10-11,23-24H2,1H3,(H2,25,26,27)/t17-/m1/s1. The SMILES string of the molecule is CC(N)=C(C(=N)NC(=O)C[C@H](N)Cc1ccc(F)cc1)c1ccc(F)cc1. The molecular formula is C20H22F2N4O. The highest BCUT2D eigenvalue weighted by molar-refractivity contribution is 6.25. The second-order valence-electron chi connectivity index (χ2n) is 6.28. The van der Waals surface area contributed by atoms with Crippen LogP contribution in [0.1, 0.15) is 24.5 Å². The first-order valence-electron chi connectivity index (χ1n) is 8.37. The van der Waals surface area contributed by atoms with Crippen LogP contribution in [0.15, 0.2) is 54.2 Å². The summed E-state index contributed by atoms with van der Waals surface area (Å²) in [6.07, 6.45) is 0.387. The average Bonchev–Trinajstić information content (AvgIpc) is 2.58. The van der Waals surface area contributed by atoms with E-state index in [4.69, 9.17) is 16.9 Å². The van der Waals surface area contributed by atoms with E-state index in [1.54, 1.807) is 19.1 Å². The molecule has 0 saturated heterocycles. The number of allylic oxidation sites excluding steroid dienone is 1. The Morgan fingerprint density at radius 3 is 2.11 bits per heavy atom. The molecule has 0 saturated carbocycles. The second-order valence-corrected chi connectivity index (χ2v) is 6.28. The van der Waals surface area contributed by atoms with Crippen molar-refractivity contribution in [3.63, 3.8) is 0 Å². The first-order valence-corrected chi connectivity index (χ1v) is 8.37. The zero-order valence-electron chi connectivity index (χ0n) is 14.9. The molecular weight excluding hydrogens is 350 g/mol. The molecule has 0 heterocycles. The average molecular weight is 372 g/mol. The third-order valence-electron chi connectivity index (χ3n) is 3.90. The lowest BCUT2D eigenvalue weighted by atomic mass is 10.0. The number of amides is 1. The van der Waals surface area contributed by atoms with Gasteiger partial charge in [-0.25, -0.2) is 8.78 Å². The molecule has 0 bridgehead atoms. The predicted molar refractivity (Wildman–Crippen MR) is 102 cm³/mol. The van der Waals surface area contributed by atoms with Crippen molar-refractivity contribution < 1.29 is 13.6 Å². The van der Waals surface area contributed by atoms with Gasteiger partial charge in [0.25, 0.3) is 0 Å². The van der Waals surface area contributed by atoms with E-state index in [0.29, 0.717) is 23.3 Å². The van der Waals surface area contributed by atoms with E-state index in [1.165, 1.54) is 36.4 Å². The van der Waals surface area contributed by atoms with Gasteiger partial charge in [0, 0.05) is 23.7 Å². The number of benzene rings is 2. The molecule has 0 aliphatic heterocycles. The number of nitrogens with one attached hydrogen (secondary N) is 2. The smallest absolute Gasteiger partial charge is 0.227 e. The number of nitrogens with two attached hydrogens (primary N) is 2. The first-order chi connectivity index (χ1) is 12.8. The number of hydrogen-bond donors (Lipinski definition) is 4. The van der Waals surface area contributed by atoms with Crippen LogP contribution in [0, 0.1) is 17.0 Å². The Hall–Kier alpha value is -3.06. The summed E-state index contributed by atoms with van der Waals surface area (Å²) in [5, 5.41) is 10.6. The molecule has 0 aromatic heterocycles. The molecule has 0 aliphatic rings. The van der Waals surface area contributed by atoms with Crippen LogP contribution in [0.25, 0.3) is 5.57 Å². The quantitative estimate of drug-likeness (QED) is 0.463. The van der Waals surface area contributed by atoms with Gasteiger partial charge in [-0.2, -0.15) is 0 Å². The molecule has 2 aromatic rings. The molecule has 0 aliphatic carbocycles. The predicted octanol–water partition coefficient (Wildman–Crippen LogP) is 2.71. The van der Waals surface area contributed by atoms with Gasteiger partial charge in [0.2, 0.25) is 5.91 Å². The van der Waals surface area contributed by atoms with Crippen molar-refractivity contribution in [2.24, 2.45) is 11.5 Å². The monoisotopic (exact) mass is 372 g/mol. The molecule has 1 amide bonds. The summed E-state index contributed by atoms with van der Waals surface area (Å²) in [7, 11) is 0. The number of carbonyl (C=O) groups excluding carboxylic acids is 1. The third kappa shape index (κ3) is 6.00. The van der Waals surface area contributed by atoms with Crippen LogP contribution in [0.5, 0.6) is 0 Å². The molecule has 142 valence electrons. The van der Waals surface area contributed by atoms with Crippen molar-refractivity contribution >= 4 is 17.3 Å². The molecule has 0 fully saturated rings. The molecule has 0 spiro atoms. The second kappa shape index (κ2) is 9.05. The first kappa shape index (κ1) is 20.3. The van der Waals surface area contributed by atoms with Gasteiger partial charge in [0.1, 0.15) is 17.5 Å². The van der Waals surface area contributed by atoms with Crippen molar-refractivity contribution in [3.8, 4) is 0 Å².